The third kappa shape index (κ3) is 3.64. The number of benzene rings is 1. The Balaban J connectivity index is 1.57. The normalized spacial score (nSPS) is 26.8. The molecule has 5 nitrogen and oxygen atoms in total. The Morgan fingerprint density at radius 1 is 1.33 bits per heavy atom. The molecule has 1 aliphatic carbocycles. The van der Waals surface area contributed by atoms with Crippen LogP contribution in [-0.4, -0.2) is 50.7 Å². The molecule has 2 atom stereocenters. The highest BCUT2D eigenvalue weighted by atomic mass is 19.4. The fourth-order valence-electron chi connectivity index (χ4n) is 5.18. The quantitative estimate of drug-likeness (QED) is 0.744. The Labute approximate surface area is 174 Å². The summed E-state index contributed by atoms with van der Waals surface area (Å²) in [7, 11) is 1.64. The smallest absolute Gasteiger partial charge is 0.384 e. The first-order chi connectivity index (χ1) is 14.3. The Kier molecular flexibility index (Phi) is 5.43. The largest absolute Gasteiger partial charge is 0.417 e. The molecule has 3 aliphatic rings. The number of hydrogen-bond donors (Lipinski definition) is 0. The molecule has 2 aliphatic heterocycles. The van der Waals surface area contributed by atoms with Crippen LogP contribution in [0.2, 0.25) is 0 Å². The molecule has 1 amide bonds. The van der Waals surface area contributed by atoms with Gasteiger partial charge in [-0.25, -0.2) is 0 Å². The summed E-state index contributed by atoms with van der Waals surface area (Å²) >= 11 is 0. The van der Waals surface area contributed by atoms with Gasteiger partial charge in [0, 0.05) is 56.2 Å². The van der Waals surface area contributed by atoms with Gasteiger partial charge in [0.2, 0.25) is 5.91 Å². The van der Waals surface area contributed by atoms with Crippen LogP contribution >= 0.6 is 0 Å². The van der Waals surface area contributed by atoms with E-state index in [0.717, 1.165) is 31.7 Å². The van der Waals surface area contributed by atoms with Gasteiger partial charge in [-0.15, -0.1) is 0 Å². The summed E-state index contributed by atoms with van der Waals surface area (Å²) in [5, 5.41) is 9.05. The van der Waals surface area contributed by atoms with Gasteiger partial charge in [0.25, 0.3) is 0 Å². The summed E-state index contributed by atoms with van der Waals surface area (Å²) in [6, 6.07) is 5.54. The third-order valence-corrected chi connectivity index (χ3v) is 7.12. The average Bonchev–Trinajstić information content (AvgIpc) is 3.04. The van der Waals surface area contributed by atoms with E-state index in [1.54, 1.807) is 19.2 Å². The van der Waals surface area contributed by atoms with Crippen LogP contribution in [0, 0.1) is 28.6 Å². The molecule has 0 spiro atoms. The van der Waals surface area contributed by atoms with E-state index in [0.29, 0.717) is 38.5 Å². The molecule has 4 rings (SSSR count). The van der Waals surface area contributed by atoms with E-state index >= 15 is 0 Å². The molecule has 2 unspecified atom stereocenters. The first-order valence-corrected chi connectivity index (χ1v) is 10.4. The molecule has 2 heterocycles. The number of anilines is 1. The summed E-state index contributed by atoms with van der Waals surface area (Å²) in [5.41, 5.74) is -0.994. The van der Waals surface area contributed by atoms with E-state index in [9.17, 15) is 18.0 Å². The van der Waals surface area contributed by atoms with Gasteiger partial charge in [-0.05, 0) is 37.5 Å². The van der Waals surface area contributed by atoms with Crippen molar-refractivity contribution in [2.24, 2.45) is 17.3 Å². The lowest BCUT2D eigenvalue weighted by Crippen LogP contribution is -2.52. The molecule has 1 aromatic rings. The first-order valence-electron chi connectivity index (χ1n) is 10.4. The van der Waals surface area contributed by atoms with Gasteiger partial charge in [-0.2, -0.15) is 18.4 Å². The highest BCUT2D eigenvalue weighted by molar-refractivity contribution is 5.79. The number of nitriles is 1. The van der Waals surface area contributed by atoms with Gasteiger partial charge in [0.1, 0.15) is 0 Å². The maximum atomic E-state index is 13.4. The molecule has 2 saturated heterocycles. The number of likely N-dealkylation sites (tertiary alicyclic amines) is 1. The Hall–Kier alpha value is -2.27. The molecule has 1 saturated carbocycles. The first kappa shape index (κ1) is 21.0. The molecule has 30 heavy (non-hydrogen) atoms. The van der Waals surface area contributed by atoms with Crippen molar-refractivity contribution in [1.82, 2.24) is 4.90 Å². The number of piperidine rings is 1. The van der Waals surface area contributed by atoms with Crippen molar-refractivity contribution >= 4 is 11.6 Å². The van der Waals surface area contributed by atoms with Crippen molar-refractivity contribution in [3.63, 3.8) is 0 Å². The van der Waals surface area contributed by atoms with Crippen LogP contribution in [0.25, 0.3) is 0 Å². The van der Waals surface area contributed by atoms with E-state index < -0.39 is 11.7 Å². The monoisotopic (exact) mass is 421 g/mol. The standard InChI is InChI=1S/C22H26F3N3O2/c1-30-14-21-7-8-27(20(29)15-3-2-4-15)11-17(21)12-28(13-21)18-6-5-16(10-26)19(9-18)22(23,24)25/h5-6,9,15,17H,2-4,7-8,11-14H2,1H3. The van der Waals surface area contributed by atoms with Crippen LogP contribution in [0.1, 0.15) is 36.8 Å². The number of nitrogens with zero attached hydrogens (tertiary/aromatic N) is 3. The predicted octanol–water partition coefficient (Wildman–Crippen LogP) is 3.68. The Morgan fingerprint density at radius 3 is 2.70 bits per heavy atom. The van der Waals surface area contributed by atoms with Gasteiger partial charge in [0.15, 0.2) is 0 Å². The number of hydrogen-bond acceptors (Lipinski definition) is 4. The molecule has 1 aromatic carbocycles. The molecular weight excluding hydrogens is 395 g/mol. The van der Waals surface area contributed by atoms with E-state index in [1.165, 1.54) is 6.07 Å². The molecule has 3 fully saturated rings. The average molecular weight is 421 g/mol. The Bertz CT molecular complexity index is 862. The van der Waals surface area contributed by atoms with Crippen LogP contribution < -0.4 is 4.90 Å². The lowest BCUT2D eigenvalue weighted by Gasteiger charge is -2.44. The van der Waals surface area contributed by atoms with Gasteiger partial charge < -0.3 is 14.5 Å². The van der Waals surface area contributed by atoms with Crippen LogP contribution in [0.4, 0.5) is 18.9 Å². The highest BCUT2D eigenvalue weighted by Crippen LogP contribution is 2.46. The van der Waals surface area contributed by atoms with Crippen molar-refractivity contribution in [1.29, 1.82) is 5.26 Å². The van der Waals surface area contributed by atoms with Crippen LogP contribution in [0.3, 0.4) is 0 Å². The summed E-state index contributed by atoms with van der Waals surface area (Å²) in [5.74, 6) is 0.508. The summed E-state index contributed by atoms with van der Waals surface area (Å²) < 4.78 is 45.8. The maximum Gasteiger partial charge on any atom is 0.417 e. The predicted molar refractivity (Wildman–Crippen MR) is 105 cm³/mol. The number of amides is 1. The van der Waals surface area contributed by atoms with E-state index in [4.69, 9.17) is 10.00 Å². The molecule has 0 radical (unpaired) electrons. The number of alkyl halides is 3. The number of methoxy groups -OCH3 is 1. The van der Waals surface area contributed by atoms with E-state index in [1.807, 2.05) is 9.80 Å². The molecule has 8 heteroatoms. The number of carbonyl (C=O) groups is 1. The van der Waals surface area contributed by atoms with E-state index in [2.05, 4.69) is 0 Å². The highest BCUT2D eigenvalue weighted by Gasteiger charge is 2.51. The van der Waals surface area contributed by atoms with Crippen molar-refractivity contribution in [2.75, 3.05) is 44.8 Å². The number of ether oxygens (including phenoxy) is 1. The molecule has 162 valence electrons. The van der Waals surface area contributed by atoms with Crippen molar-refractivity contribution in [3.8, 4) is 6.07 Å². The number of fused-ring (bicyclic) bond motifs is 1. The summed E-state index contributed by atoms with van der Waals surface area (Å²) in [4.78, 5) is 16.6. The molecular formula is C22H26F3N3O2. The number of halogens is 3. The second kappa shape index (κ2) is 7.77. The number of carbonyl (C=O) groups excluding carboxylic acids is 1. The van der Waals surface area contributed by atoms with E-state index in [-0.39, 0.29) is 28.7 Å². The van der Waals surface area contributed by atoms with Crippen molar-refractivity contribution in [3.05, 3.63) is 29.3 Å². The maximum absolute atomic E-state index is 13.4. The Morgan fingerprint density at radius 2 is 2.10 bits per heavy atom. The van der Waals surface area contributed by atoms with Gasteiger partial charge in [-0.1, -0.05) is 6.42 Å². The van der Waals surface area contributed by atoms with Gasteiger partial charge in [-0.3, -0.25) is 4.79 Å². The second-order valence-electron chi connectivity index (χ2n) is 8.87. The molecule has 0 N–H and O–H groups in total. The SMILES string of the molecule is COCC12CCN(C(=O)C3CCC3)CC1CN(c1ccc(C#N)c(C(F)(F)F)c1)C2. The summed E-state index contributed by atoms with van der Waals surface area (Å²) in [6.07, 6.45) is -0.774. The van der Waals surface area contributed by atoms with Gasteiger partial charge in [0.05, 0.1) is 23.8 Å². The lowest BCUT2D eigenvalue weighted by molar-refractivity contribution is -0.142. The topological polar surface area (TPSA) is 56.6 Å². The molecule has 0 bridgehead atoms. The zero-order chi connectivity index (χ0) is 21.5. The molecule has 0 aromatic heterocycles. The fourth-order valence-corrected chi connectivity index (χ4v) is 5.18. The van der Waals surface area contributed by atoms with Crippen LogP contribution in [-0.2, 0) is 15.7 Å². The minimum Gasteiger partial charge on any atom is -0.384 e. The van der Waals surface area contributed by atoms with Crippen molar-refractivity contribution < 1.29 is 22.7 Å². The minimum absolute atomic E-state index is 0.139. The van der Waals surface area contributed by atoms with Gasteiger partial charge >= 0.3 is 6.18 Å². The van der Waals surface area contributed by atoms with Crippen molar-refractivity contribution in [2.45, 2.75) is 31.9 Å². The number of rotatable bonds is 4. The zero-order valence-electron chi connectivity index (χ0n) is 17.0. The third-order valence-electron chi connectivity index (χ3n) is 7.12. The lowest BCUT2D eigenvalue weighted by atomic mass is 9.72. The summed E-state index contributed by atoms with van der Waals surface area (Å²) in [6.45, 7) is 2.96. The fraction of sp³-hybridized carbons (Fsp3) is 0.636. The van der Waals surface area contributed by atoms with Crippen LogP contribution in [0.15, 0.2) is 18.2 Å². The zero-order valence-corrected chi connectivity index (χ0v) is 17.0. The van der Waals surface area contributed by atoms with Crippen LogP contribution in [0.5, 0.6) is 0 Å². The minimum atomic E-state index is -4.58. The second-order valence-corrected chi connectivity index (χ2v) is 8.87.